The second-order valence-electron chi connectivity index (χ2n) is 4.45. The van der Waals surface area contributed by atoms with Gasteiger partial charge in [0.1, 0.15) is 5.69 Å². The summed E-state index contributed by atoms with van der Waals surface area (Å²) in [6.07, 6.45) is 2.58. The molecule has 2 aromatic rings. The number of nitrogens with zero attached hydrogens (tertiary/aromatic N) is 1. The summed E-state index contributed by atoms with van der Waals surface area (Å²) in [6.45, 7) is 0. The summed E-state index contributed by atoms with van der Waals surface area (Å²) in [5, 5.41) is 10.0. The monoisotopic (exact) mass is 307 g/mol. The van der Waals surface area contributed by atoms with Crippen LogP contribution in [0.5, 0.6) is 0 Å². The van der Waals surface area contributed by atoms with Crippen molar-refractivity contribution in [3.05, 3.63) is 33.9 Å². The number of rotatable bonds is 3. The number of carboxylic acids is 1. The van der Waals surface area contributed by atoms with Gasteiger partial charge in [-0.1, -0.05) is 15.9 Å². The number of benzene rings is 1. The minimum atomic E-state index is -1.05. The fourth-order valence-corrected chi connectivity index (χ4v) is 2.72. The molecule has 1 saturated carbocycles. The van der Waals surface area contributed by atoms with Crippen LogP contribution in [0.3, 0.4) is 0 Å². The lowest BCUT2D eigenvalue weighted by Crippen LogP contribution is -2.09. The van der Waals surface area contributed by atoms with Crippen LogP contribution in [-0.2, 0) is 0 Å². The quantitative estimate of drug-likeness (QED) is 0.886. The van der Waals surface area contributed by atoms with Crippen molar-refractivity contribution < 1.29 is 14.7 Å². The van der Waals surface area contributed by atoms with Gasteiger partial charge in [0.05, 0.1) is 5.56 Å². The maximum Gasteiger partial charge on any atom is 0.353 e. The molecule has 92 valence electrons. The summed E-state index contributed by atoms with van der Waals surface area (Å²) in [7, 11) is 0. The number of fused-ring (bicyclic) bond motifs is 1. The van der Waals surface area contributed by atoms with Crippen LogP contribution in [0.1, 0.15) is 39.7 Å². The number of hydrogen-bond acceptors (Lipinski definition) is 2. The van der Waals surface area contributed by atoms with E-state index in [1.165, 1.54) is 0 Å². The Bertz CT molecular complexity index is 670. The number of carbonyl (C=O) groups is 2. The molecular weight excluding hydrogens is 298 g/mol. The minimum absolute atomic E-state index is 0.112. The van der Waals surface area contributed by atoms with Crippen LogP contribution in [0.4, 0.5) is 0 Å². The average Bonchev–Trinajstić information content (AvgIpc) is 3.10. The predicted molar refractivity (Wildman–Crippen MR) is 70.3 cm³/mol. The van der Waals surface area contributed by atoms with Crippen molar-refractivity contribution in [2.45, 2.75) is 18.9 Å². The lowest BCUT2D eigenvalue weighted by molar-refractivity contribution is 0.0682. The zero-order chi connectivity index (χ0) is 12.9. The second-order valence-corrected chi connectivity index (χ2v) is 5.36. The molecule has 0 atom stereocenters. The molecule has 0 aliphatic heterocycles. The lowest BCUT2D eigenvalue weighted by Gasteiger charge is -2.05. The van der Waals surface area contributed by atoms with Crippen LogP contribution in [0, 0.1) is 0 Å². The van der Waals surface area contributed by atoms with Crippen molar-refractivity contribution in [2.75, 3.05) is 0 Å². The van der Waals surface area contributed by atoms with E-state index in [1.54, 1.807) is 10.6 Å². The lowest BCUT2D eigenvalue weighted by atomic mass is 10.1. The van der Waals surface area contributed by atoms with Crippen molar-refractivity contribution in [1.82, 2.24) is 4.57 Å². The SMILES string of the molecule is O=Cc1c(C(=O)O)n(C2CC2)c2ccc(Br)cc12. The fourth-order valence-electron chi connectivity index (χ4n) is 2.36. The predicted octanol–water partition coefficient (Wildman–Crippen LogP) is 3.25. The molecule has 0 spiro atoms. The van der Waals surface area contributed by atoms with Crippen LogP contribution < -0.4 is 0 Å². The van der Waals surface area contributed by atoms with Gasteiger partial charge in [-0.15, -0.1) is 0 Å². The Kier molecular flexibility index (Phi) is 2.52. The number of aldehydes is 1. The molecule has 5 heteroatoms. The van der Waals surface area contributed by atoms with Crippen molar-refractivity contribution in [1.29, 1.82) is 0 Å². The number of aromatic carboxylic acids is 1. The standard InChI is InChI=1S/C13H10BrNO3/c14-7-1-4-11-9(5-7)10(6-16)12(13(17)18)15(11)8-2-3-8/h1,4-6,8H,2-3H2,(H,17,18). The molecule has 0 saturated heterocycles. The molecule has 1 heterocycles. The summed E-state index contributed by atoms with van der Waals surface area (Å²) in [5.74, 6) is -1.05. The third-order valence-electron chi connectivity index (χ3n) is 3.24. The smallest absolute Gasteiger partial charge is 0.353 e. The van der Waals surface area contributed by atoms with Gasteiger partial charge in [0.2, 0.25) is 0 Å². The maximum atomic E-state index is 11.4. The van der Waals surface area contributed by atoms with Gasteiger partial charge in [0, 0.05) is 21.4 Å². The first-order chi connectivity index (χ1) is 8.63. The van der Waals surface area contributed by atoms with Crippen molar-refractivity contribution in [2.24, 2.45) is 0 Å². The van der Waals surface area contributed by atoms with Crippen molar-refractivity contribution in [3.63, 3.8) is 0 Å². The number of hydrogen-bond donors (Lipinski definition) is 1. The van der Waals surface area contributed by atoms with E-state index in [0.717, 1.165) is 22.8 Å². The molecule has 0 amide bonds. The van der Waals surface area contributed by atoms with Gasteiger partial charge >= 0.3 is 5.97 Å². The highest BCUT2D eigenvalue weighted by Gasteiger charge is 2.32. The molecule has 1 aromatic carbocycles. The Hall–Kier alpha value is -1.62. The maximum absolute atomic E-state index is 11.4. The molecule has 1 aliphatic rings. The van der Waals surface area contributed by atoms with E-state index < -0.39 is 5.97 Å². The largest absolute Gasteiger partial charge is 0.477 e. The van der Waals surface area contributed by atoms with Gasteiger partial charge in [-0.2, -0.15) is 0 Å². The Balaban J connectivity index is 2.44. The number of carbonyl (C=O) groups excluding carboxylic acids is 1. The molecule has 1 N–H and O–H groups in total. The van der Waals surface area contributed by atoms with Crippen LogP contribution in [0.25, 0.3) is 10.9 Å². The van der Waals surface area contributed by atoms with Crippen LogP contribution in [0.2, 0.25) is 0 Å². The van der Waals surface area contributed by atoms with E-state index in [4.69, 9.17) is 0 Å². The van der Waals surface area contributed by atoms with E-state index in [-0.39, 0.29) is 17.3 Å². The molecular formula is C13H10BrNO3. The van der Waals surface area contributed by atoms with Crippen LogP contribution >= 0.6 is 15.9 Å². The third kappa shape index (κ3) is 1.58. The van der Waals surface area contributed by atoms with Crippen molar-refractivity contribution >= 4 is 39.1 Å². The highest BCUT2D eigenvalue weighted by molar-refractivity contribution is 9.10. The molecule has 1 fully saturated rings. The summed E-state index contributed by atoms with van der Waals surface area (Å²) in [5.41, 5.74) is 1.20. The normalized spacial score (nSPS) is 14.9. The molecule has 0 bridgehead atoms. The molecule has 1 aromatic heterocycles. The zero-order valence-electron chi connectivity index (χ0n) is 9.39. The molecule has 18 heavy (non-hydrogen) atoms. The van der Waals surface area contributed by atoms with Crippen LogP contribution in [0.15, 0.2) is 22.7 Å². The van der Waals surface area contributed by atoms with E-state index in [9.17, 15) is 14.7 Å². The Morgan fingerprint density at radius 3 is 2.72 bits per heavy atom. The van der Waals surface area contributed by atoms with Crippen molar-refractivity contribution in [3.8, 4) is 0 Å². The van der Waals surface area contributed by atoms with E-state index >= 15 is 0 Å². The van der Waals surface area contributed by atoms with Gasteiger partial charge in [-0.25, -0.2) is 4.79 Å². The summed E-state index contributed by atoms with van der Waals surface area (Å²) in [6, 6.07) is 5.73. The van der Waals surface area contributed by atoms with Crippen LogP contribution in [-0.4, -0.2) is 21.9 Å². The summed E-state index contributed by atoms with van der Waals surface area (Å²) < 4.78 is 2.62. The van der Waals surface area contributed by atoms with Gasteiger partial charge in [0.15, 0.2) is 6.29 Å². The number of aromatic nitrogens is 1. The number of carboxylic acid groups (broad SMARTS) is 1. The first kappa shape index (κ1) is 11.5. The van der Waals surface area contributed by atoms with Gasteiger partial charge in [-0.05, 0) is 31.0 Å². The van der Waals surface area contributed by atoms with Gasteiger partial charge in [-0.3, -0.25) is 4.79 Å². The molecule has 1 aliphatic carbocycles. The first-order valence-electron chi connectivity index (χ1n) is 5.65. The average molecular weight is 308 g/mol. The van der Waals surface area contributed by atoms with Gasteiger partial charge in [0.25, 0.3) is 0 Å². The Morgan fingerprint density at radius 2 is 2.17 bits per heavy atom. The molecule has 3 rings (SSSR count). The van der Waals surface area contributed by atoms with E-state index in [1.807, 2.05) is 12.1 Å². The van der Waals surface area contributed by atoms with E-state index in [2.05, 4.69) is 15.9 Å². The van der Waals surface area contributed by atoms with Gasteiger partial charge < -0.3 is 9.67 Å². The minimum Gasteiger partial charge on any atom is -0.477 e. The first-order valence-corrected chi connectivity index (χ1v) is 6.44. The zero-order valence-corrected chi connectivity index (χ0v) is 11.0. The Morgan fingerprint density at radius 1 is 1.44 bits per heavy atom. The highest BCUT2D eigenvalue weighted by Crippen LogP contribution is 2.41. The summed E-state index contributed by atoms with van der Waals surface area (Å²) in [4.78, 5) is 22.6. The molecule has 0 radical (unpaired) electrons. The molecule has 4 nitrogen and oxygen atoms in total. The highest BCUT2D eigenvalue weighted by atomic mass is 79.9. The van der Waals surface area contributed by atoms with E-state index in [0.29, 0.717) is 11.7 Å². The Labute approximate surface area is 111 Å². The number of halogens is 1. The summed E-state index contributed by atoms with van der Waals surface area (Å²) >= 11 is 3.35. The third-order valence-corrected chi connectivity index (χ3v) is 3.73. The second kappa shape index (κ2) is 3.95. The molecule has 0 unspecified atom stereocenters. The fraction of sp³-hybridized carbons (Fsp3) is 0.231. The topological polar surface area (TPSA) is 59.3 Å².